The maximum atomic E-state index is 13.5. The first kappa shape index (κ1) is 22.7. The van der Waals surface area contributed by atoms with Crippen molar-refractivity contribution in [3.05, 3.63) is 75.6 Å². The smallest absolute Gasteiger partial charge is 0.315 e. The second-order valence-electron chi connectivity index (χ2n) is 8.71. The summed E-state index contributed by atoms with van der Waals surface area (Å²) >= 11 is 0. The summed E-state index contributed by atoms with van der Waals surface area (Å²) in [6.07, 6.45) is 6.03. The molecule has 1 saturated carbocycles. The van der Waals surface area contributed by atoms with Crippen molar-refractivity contribution < 1.29 is 28.4 Å². The molecule has 4 atom stereocenters. The second-order valence-corrected chi connectivity index (χ2v) is 8.71. The molecular formula is C25H22FN3O6. The van der Waals surface area contributed by atoms with Gasteiger partial charge < -0.3 is 9.47 Å². The predicted octanol–water partition coefficient (Wildman–Crippen LogP) is 3.85. The number of amides is 2. The Balaban J connectivity index is 1.41. The molecule has 0 aromatic heterocycles. The number of halogens is 1. The van der Waals surface area contributed by atoms with Crippen molar-refractivity contribution in [2.24, 2.45) is 28.8 Å². The monoisotopic (exact) mass is 479 g/mol. The average molecular weight is 479 g/mol. The van der Waals surface area contributed by atoms with E-state index in [1.54, 1.807) is 13.0 Å². The Morgan fingerprint density at radius 2 is 1.86 bits per heavy atom. The molecule has 3 aliphatic rings. The molecule has 5 rings (SSSR count). The van der Waals surface area contributed by atoms with Crippen molar-refractivity contribution >= 4 is 23.7 Å². The second kappa shape index (κ2) is 8.94. The Hall–Kier alpha value is -4.08. The molecular weight excluding hydrogens is 457 g/mol. The summed E-state index contributed by atoms with van der Waals surface area (Å²) in [6.45, 7) is 1.81. The molecule has 1 aliphatic heterocycles. The van der Waals surface area contributed by atoms with Crippen LogP contribution in [0, 0.1) is 39.6 Å². The molecule has 1 heterocycles. The van der Waals surface area contributed by atoms with E-state index in [9.17, 15) is 24.1 Å². The van der Waals surface area contributed by atoms with Gasteiger partial charge in [0.2, 0.25) is 5.75 Å². The summed E-state index contributed by atoms with van der Waals surface area (Å²) in [4.78, 5) is 36.8. The highest BCUT2D eigenvalue weighted by molar-refractivity contribution is 6.06. The van der Waals surface area contributed by atoms with Gasteiger partial charge in [-0.1, -0.05) is 24.3 Å². The van der Waals surface area contributed by atoms with E-state index in [-0.39, 0.29) is 71.4 Å². The van der Waals surface area contributed by atoms with Crippen LogP contribution in [0.3, 0.4) is 0 Å². The molecule has 180 valence electrons. The van der Waals surface area contributed by atoms with E-state index >= 15 is 0 Å². The standard InChI is InChI=1S/C25H22FN3O6/c1-2-34-20-10-15(9-19(29(32)33)23(20)35-13-14-4-3-5-18(26)8-14)12-27-28-24(30)21-16-6-7-17(11-16)22(21)25(28)31/h3-10,12,16-17,21-22H,2,11,13H2,1H3. The minimum atomic E-state index is -0.624. The molecule has 4 unspecified atom stereocenters. The summed E-state index contributed by atoms with van der Waals surface area (Å²) < 4.78 is 24.7. The first-order valence-electron chi connectivity index (χ1n) is 11.3. The molecule has 2 fully saturated rings. The number of hydrogen-bond donors (Lipinski definition) is 0. The van der Waals surface area contributed by atoms with Crippen molar-refractivity contribution in [2.45, 2.75) is 20.0 Å². The van der Waals surface area contributed by atoms with Crippen LogP contribution in [-0.2, 0) is 16.2 Å². The number of carbonyl (C=O) groups is 2. The number of imide groups is 1. The third kappa shape index (κ3) is 4.05. The third-order valence-corrected chi connectivity index (χ3v) is 6.60. The van der Waals surface area contributed by atoms with Crippen LogP contribution >= 0.6 is 0 Å². The number of hydrogen-bond acceptors (Lipinski definition) is 7. The Kier molecular flexibility index (Phi) is 5.80. The van der Waals surface area contributed by atoms with Crippen molar-refractivity contribution in [1.29, 1.82) is 0 Å². The van der Waals surface area contributed by atoms with E-state index in [2.05, 4.69) is 5.10 Å². The van der Waals surface area contributed by atoms with Gasteiger partial charge in [0, 0.05) is 11.6 Å². The number of nitro benzene ring substituents is 1. The van der Waals surface area contributed by atoms with Gasteiger partial charge in [-0.2, -0.15) is 10.1 Å². The third-order valence-electron chi connectivity index (χ3n) is 6.60. The molecule has 9 nitrogen and oxygen atoms in total. The SMILES string of the molecule is CCOc1cc(C=NN2C(=O)C3C4C=CC(C4)C3C2=O)cc([N+](=O)[O-])c1OCc1cccc(F)c1. The van der Waals surface area contributed by atoms with Gasteiger partial charge in [0.25, 0.3) is 11.8 Å². The van der Waals surface area contributed by atoms with Crippen LogP contribution in [0.25, 0.3) is 0 Å². The van der Waals surface area contributed by atoms with Crippen molar-refractivity contribution in [3.8, 4) is 11.5 Å². The highest BCUT2D eigenvalue weighted by atomic mass is 19.1. The van der Waals surface area contributed by atoms with Gasteiger partial charge in [-0.15, -0.1) is 0 Å². The lowest BCUT2D eigenvalue weighted by Gasteiger charge is -2.14. The lowest BCUT2D eigenvalue weighted by atomic mass is 9.85. The quantitative estimate of drug-likeness (QED) is 0.187. The lowest BCUT2D eigenvalue weighted by molar-refractivity contribution is -0.386. The van der Waals surface area contributed by atoms with E-state index in [1.807, 2.05) is 12.2 Å². The zero-order chi connectivity index (χ0) is 24.7. The van der Waals surface area contributed by atoms with Gasteiger partial charge in [0.1, 0.15) is 12.4 Å². The Bertz CT molecular complexity index is 1250. The number of nitrogens with zero attached hydrogens (tertiary/aromatic N) is 3. The maximum Gasteiger partial charge on any atom is 0.315 e. The number of fused-ring (bicyclic) bond motifs is 5. The number of ether oxygens (including phenoxy) is 2. The molecule has 2 aromatic rings. The van der Waals surface area contributed by atoms with Crippen molar-refractivity contribution in [1.82, 2.24) is 5.01 Å². The van der Waals surface area contributed by atoms with Crippen LogP contribution in [0.2, 0.25) is 0 Å². The zero-order valence-electron chi connectivity index (χ0n) is 18.8. The summed E-state index contributed by atoms with van der Waals surface area (Å²) in [6, 6.07) is 8.42. The number of benzene rings is 2. The first-order chi connectivity index (χ1) is 16.9. The predicted molar refractivity (Wildman–Crippen MR) is 122 cm³/mol. The summed E-state index contributed by atoms with van der Waals surface area (Å²) in [5.41, 5.74) is 0.372. The van der Waals surface area contributed by atoms with Crippen LogP contribution in [0.5, 0.6) is 11.5 Å². The fourth-order valence-corrected chi connectivity index (χ4v) is 5.13. The normalized spacial score (nSPS) is 24.5. The molecule has 10 heteroatoms. The van der Waals surface area contributed by atoms with Crippen LogP contribution in [0.4, 0.5) is 10.1 Å². The Morgan fingerprint density at radius 3 is 2.49 bits per heavy atom. The number of rotatable bonds is 8. The van der Waals surface area contributed by atoms with Crippen molar-refractivity contribution in [3.63, 3.8) is 0 Å². The Labute approximate surface area is 200 Å². The summed E-state index contributed by atoms with van der Waals surface area (Å²) in [5.74, 6) is -1.81. The fraction of sp³-hybridized carbons (Fsp3) is 0.320. The number of hydrazone groups is 1. The van der Waals surface area contributed by atoms with Crippen LogP contribution < -0.4 is 9.47 Å². The number of nitro groups is 1. The largest absolute Gasteiger partial charge is 0.490 e. The van der Waals surface area contributed by atoms with E-state index in [1.165, 1.54) is 36.5 Å². The molecule has 35 heavy (non-hydrogen) atoms. The lowest BCUT2D eigenvalue weighted by Crippen LogP contribution is -2.28. The molecule has 2 aliphatic carbocycles. The van der Waals surface area contributed by atoms with Gasteiger partial charge in [-0.05, 0) is 48.9 Å². The zero-order valence-corrected chi connectivity index (χ0v) is 18.8. The summed E-state index contributed by atoms with van der Waals surface area (Å²) in [7, 11) is 0. The molecule has 2 aromatic carbocycles. The topological polar surface area (TPSA) is 111 Å². The van der Waals surface area contributed by atoms with Crippen LogP contribution in [0.1, 0.15) is 24.5 Å². The highest BCUT2D eigenvalue weighted by Crippen LogP contribution is 2.52. The number of carbonyl (C=O) groups excluding carboxylic acids is 2. The van der Waals surface area contributed by atoms with E-state index in [0.717, 1.165) is 11.4 Å². The maximum absolute atomic E-state index is 13.5. The molecule has 0 radical (unpaired) electrons. The minimum Gasteiger partial charge on any atom is -0.490 e. The van der Waals surface area contributed by atoms with E-state index in [4.69, 9.17) is 9.47 Å². The average Bonchev–Trinajstić information content (AvgIpc) is 3.51. The highest BCUT2D eigenvalue weighted by Gasteiger charge is 2.59. The summed E-state index contributed by atoms with van der Waals surface area (Å²) in [5, 5.41) is 16.8. The van der Waals surface area contributed by atoms with Crippen LogP contribution in [0.15, 0.2) is 53.7 Å². The van der Waals surface area contributed by atoms with Gasteiger partial charge in [0.15, 0.2) is 5.75 Å². The molecule has 2 bridgehead atoms. The number of allylic oxidation sites excluding steroid dienone is 2. The van der Waals surface area contributed by atoms with E-state index in [0.29, 0.717) is 5.56 Å². The molecule has 0 spiro atoms. The molecule has 2 amide bonds. The minimum absolute atomic E-state index is 0.0572. The van der Waals surface area contributed by atoms with Gasteiger partial charge >= 0.3 is 5.69 Å². The fourth-order valence-electron chi connectivity index (χ4n) is 5.13. The molecule has 1 saturated heterocycles. The molecule has 0 N–H and O–H groups in total. The van der Waals surface area contributed by atoms with Gasteiger partial charge in [-0.3, -0.25) is 19.7 Å². The van der Waals surface area contributed by atoms with Gasteiger partial charge in [-0.25, -0.2) is 4.39 Å². The first-order valence-corrected chi connectivity index (χ1v) is 11.3. The van der Waals surface area contributed by atoms with Gasteiger partial charge in [0.05, 0.1) is 29.6 Å². The van der Waals surface area contributed by atoms with Crippen LogP contribution in [-0.4, -0.2) is 34.6 Å². The van der Waals surface area contributed by atoms with Crippen molar-refractivity contribution in [2.75, 3.05) is 6.61 Å². The Morgan fingerprint density at radius 1 is 1.14 bits per heavy atom. The van der Waals surface area contributed by atoms with E-state index < -0.39 is 10.7 Å².